The first-order valence-corrected chi connectivity index (χ1v) is 22.0. The van der Waals surface area contributed by atoms with Crippen LogP contribution in [0, 0.1) is 0 Å². The van der Waals surface area contributed by atoms with Crippen LogP contribution >= 0.6 is 0 Å². The third-order valence-electron chi connectivity index (χ3n) is 10.1. The van der Waals surface area contributed by atoms with Gasteiger partial charge in [-0.05, 0) is 43.9 Å². The van der Waals surface area contributed by atoms with E-state index in [1.54, 1.807) is 0 Å². The summed E-state index contributed by atoms with van der Waals surface area (Å²) in [6.07, 6.45) is 38.0. The zero-order chi connectivity index (χ0) is 36.3. The minimum Gasteiger partial charge on any atom is -0.490 e. The molecular weight excluding hydrogens is 618 g/mol. The van der Waals surface area contributed by atoms with Crippen LogP contribution in [0.25, 0.3) is 0 Å². The van der Waals surface area contributed by atoms with E-state index >= 15 is 0 Å². The Hall–Kier alpha value is -1.46. The number of benzene rings is 1. The van der Waals surface area contributed by atoms with Crippen molar-refractivity contribution in [2.45, 2.75) is 232 Å². The molecule has 294 valence electrons. The average Bonchev–Trinajstić information content (AvgIpc) is 3.11. The number of hydrogen-bond donors (Lipinski definition) is 2. The number of aliphatic hydroxyl groups excluding tert-OH is 1. The van der Waals surface area contributed by atoms with Crippen molar-refractivity contribution in [3.05, 3.63) is 17.7 Å². The lowest BCUT2D eigenvalue weighted by Gasteiger charge is -2.22. The lowest BCUT2D eigenvalue weighted by molar-refractivity contribution is 0.151. The van der Waals surface area contributed by atoms with E-state index in [1.165, 1.54) is 173 Å². The average molecular weight is 704 g/mol. The number of unbranched alkanes of at least 4 members (excludes halogenated alkanes) is 27. The molecule has 1 aromatic carbocycles. The van der Waals surface area contributed by atoms with Crippen LogP contribution in [0.4, 0.5) is 0 Å². The van der Waals surface area contributed by atoms with Gasteiger partial charge in [0.2, 0.25) is 5.75 Å². The Labute approximate surface area is 311 Å². The number of aliphatic hydroxyl groups is 1. The summed E-state index contributed by atoms with van der Waals surface area (Å²) in [5.41, 5.74) is 6.89. The van der Waals surface area contributed by atoms with Gasteiger partial charge in [-0.2, -0.15) is 0 Å². The van der Waals surface area contributed by atoms with Gasteiger partial charge in [0.15, 0.2) is 11.5 Å². The molecular formula is C45H85NO4. The maximum absolute atomic E-state index is 11.0. The van der Waals surface area contributed by atoms with Crippen molar-refractivity contribution in [3.63, 3.8) is 0 Å². The molecule has 5 heteroatoms. The molecule has 0 amide bonds. The quantitative estimate of drug-likeness (QED) is 0.0671. The SMILES string of the molecule is CCCCCCCCCCCCOc1cc([C@H](O)[C@H](C)N)cc(OCCCCCCCCCCCC)c1OCCCCCCCCCCCC. The Morgan fingerprint density at radius 1 is 0.440 bits per heavy atom. The maximum Gasteiger partial charge on any atom is 0.203 e. The fourth-order valence-corrected chi connectivity index (χ4v) is 6.73. The minimum atomic E-state index is -0.787. The van der Waals surface area contributed by atoms with Gasteiger partial charge in [-0.25, -0.2) is 0 Å². The molecule has 0 saturated heterocycles. The van der Waals surface area contributed by atoms with Gasteiger partial charge in [-0.3, -0.25) is 0 Å². The Morgan fingerprint density at radius 2 is 0.700 bits per heavy atom. The van der Waals surface area contributed by atoms with Crippen molar-refractivity contribution in [1.82, 2.24) is 0 Å². The van der Waals surface area contributed by atoms with E-state index in [0.717, 1.165) is 24.8 Å². The fraction of sp³-hybridized carbons (Fsp3) is 0.867. The molecule has 0 unspecified atom stereocenters. The molecule has 0 saturated carbocycles. The zero-order valence-corrected chi connectivity index (χ0v) is 33.9. The molecule has 0 aliphatic heterocycles. The number of ether oxygens (including phenoxy) is 3. The number of rotatable bonds is 38. The van der Waals surface area contributed by atoms with Gasteiger partial charge in [-0.15, -0.1) is 0 Å². The Bertz CT molecular complexity index is 812. The number of hydrogen-bond acceptors (Lipinski definition) is 5. The second-order valence-corrected chi connectivity index (χ2v) is 15.2. The molecule has 0 spiro atoms. The summed E-state index contributed by atoms with van der Waals surface area (Å²) < 4.78 is 19.3. The van der Waals surface area contributed by atoms with Crippen molar-refractivity contribution in [2.24, 2.45) is 5.73 Å². The van der Waals surface area contributed by atoms with Gasteiger partial charge in [0.25, 0.3) is 0 Å². The summed E-state index contributed by atoms with van der Waals surface area (Å²) in [6, 6.07) is 3.48. The van der Waals surface area contributed by atoms with Crippen LogP contribution in [0.1, 0.15) is 232 Å². The summed E-state index contributed by atoms with van der Waals surface area (Å²) >= 11 is 0. The lowest BCUT2D eigenvalue weighted by Crippen LogP contribution is -2.24. The van der Waals surface area contributed by atoms with Crippen molar-refractivity contribution in [1.29, 1.82) is 0 Å². The fourth-order valence-electron chi connectivity index (χ4n) is 6.73. The monoisotopic (exact) mass is 704 g/mol. The molecule has 0 heterocycles. The molecule has 0 bridgehead atoms. The van der Waals surface area contributed by atoms with Gasteiger partial charge < -0.3 is 25.1 Å². The zero-order valence-electron chi connectivity index (χ0n) is 33.9. The smallest absolute Gasteiger partial charge is 0.203 e. The normalized spacial score (nSPS) is 12.7. The van der Waals surface area contributed by atoms with Crippen molar-refractivity contribution in [3.8, 4) is 17.2 Å². The van der Waals surface area contributed by atoms with E-state index in [2.05, 4.69) is 20.8 Å². The van der Waals surface area contributed by atoms with Crippen LogP contribution in [0.3, 0.4) is 0 Å². The summed E-state index contributed by atoms with van der Waals surface area (Å²) in [7, 11) is 0. The molecule has 5 nitrogen and oxygen atoms in total. The highest BCUT2D eigenvalue weighted by atomic mass is 16.5. The van der Waals surface area contributed by atoms with Crippen molar-refractivity contribution < 1.29 is 19.3 Å². The molecule has 1 rings (SSSR count). The molecule has 0 aliphatic rings. The van der Waals surface area contributed by atoms with Crippen LogP contribution in [0.2, 0.25) is 0 Å². The molecule has 0 fully saturated rings. The van der Waals surface area contributed by atoms with Crippen LogP contribution < -0.4 is 19.9 Å². The number of nitrogens with two attached hydrogens (primary N) is 1. The molecule has 0 radical (unpaired) electrons. The van der Waals surface area contributed by atoms with Crippen LogP contribution in [-0.4, -0.2) is 31.0 Å². The van der Waals surface area contributed by atoms with E-state index in [4.69, 9.17) is 19.9 Å². The van der Waals surface area contributed by atoms with Gasteiger partial charge in [0.05, 0.1) is 25.9 Å². The second-order valence-electron chi connectivity index (χ2n) is 15.2. The first-order chi connectivity index (χ1) is 24.5. The molecule has 3 N–H and O–H groups in total. The summed E-state index contributed by atoms with van der Waals surface area (Å²) in [6.45, 7) is 10.6. The molecule has 0 aliphatic carbocycles. The van der Waals surface area contributed by atoms with E-state index in [-0.39, 0.29) is 0 Å². The van der Waals surface area contributed by atoms with E-state index in [9.17, 15) is 5.11 Å². The predicted molar refractivity (Wildman–Crippen MR) is 217 cm³/mol. The first-order valence-electron chi connectivity index (χ1n) is 22.0. The molecule has 50 heavy (non-hydrogen) atoms. The first kappa shape index (κ1) is 46.6. The minimum absolute atomic E-state index is 0.391. The Kier molecular flexibility index (Phi) is 32.2. The summed E-state index contributed by atoms with van der Waals surface area (Å²) in [4.78, 5) is 0. The van der Waals surface area contributed by atoms with Crippen LogP contribution in [-0.2, 0) is 0 Å². The standard InChI is InChI=1S/C45H85NO4/c1-5-8-11-14-17-20-23-26-29-32-35-48-42-38-41(44(47)40(4)46)39-43(49-36-33-30-27-24-21-18-15-12-9-6-2)45(42)50-37-34-31-28-25-22-19-16-13-10-7-3/h38-40,44,47H,5-37,46H2,1-4H3/t40-,44+/m0/s1. The lowest BCUT2D eigenvalue weighted by atomic mass is 10.0. The molecule has 0 aromatic heterocycles. The summed E-state index contributed by atoms with van der Waals surface area (Å²) in [5.74, 6) is 2.06. The van der Waals surface area contributed by atoms with Gasteiger partial charge >= 0.3 is 0 Å². The highest BCUT2D eigenvalue weighted by Gasteiger charge is 2.21. The molecule has 2 atom stereocenters. The van der Waals surface area contributed by atoms with Gasteiger partial charge in [0, 0.05) is 6.04 Å². The largest absolute Gasteiger partial charge is 0.490 e. The van der Waals surface area contributed by atoms with Crippen LogP contribution in [0.5, 0.6) is 17.2 Å². The van der Waals surface area contributed by atoms with E-state index in [0.29, 0.717) is 37.1 Å². The Morgan fingerprint density at radius 3 is 0.980 bits per heavy atom. The summed E-state index contributed by atoms with van der Waals surface area (Å²) in [5, 5.41) is 11.0. The van der Waals surface area contributed by atoms with Crippen LogP contribution in [0.15, 0.2) is 12.1 Å². The van der Waals surface area contributed by atoms with Gasteiger partial charge in [0.1, 0.15) is 0 Å². The predicted octanol–water partition coefficient (Wildman–Crippen LogP) is 14.0. The van der Waals surface area contributed by atoms with Gasteiger partial charge in [-0.1, -0.05) is 194 Å². The topological polar surface area (TPSA) is 73.9 Å². The maximum atomic E-state index is 11.0. The van der Waals surface area contributed by atoms with E-state index in [1.807, 2.05) is 19.1 Å². The highest BCUT2D eigenvalue weighted by molar-refractivity contribution is 5.54. The Balaban J connectivity index is 2.73. The molecule has 1 aromatic rings. The third-order valence-corrected chi connectivity index (χ3v) is 10.1. The van der Waals surface area contributed by atoms with Crippen molar-refractivity contribution in [2.75, 3.05) is 19.8 Å². The highest BCUT2D eigenvalue weighted by Crippen LogP contribution is 2.41. The second kappa shape index (κ2) is 34.6. The van der Waals surface area contributed by atoms with E-state index < -0.39 is 12.1 Å². The third kappa shape index (κ3) is 25.5. The van der Waals surface area contributed by atoms with Crippen molar-refractivity contribution >= 4 is 0 Å².